The molecule has 0 spiro atoms. The maximum atomic E-state index is 12.6. The normalized spacial score (nSPS) is 10.9. The first-order chi connectivity index (χ1) is 11.9. The lowest BCUT2D eigenvalue weighted by atomic mass is 10.0. The molecule has 128 valence electrons. The fraction of sp³-hybridized carbons (Fsp3) is 0.150. The number of hydrogen-bond acceptors (Lipinski definition) is 5. The van der Waals surface area contributed by atoms with Gasteiger partial charge in [0.15, 0.2) is 5.76 Å². The van der Waals surface area contributed by atoms with Crippen LogP contribution in [0.15, 0.2) is 57.8 Å². The van der Waals surface area contributed by atoms with Gasteiger partial charge in [0.05, 0.1) is 0 Å². The lowest BCUT2D eigenvalue weighted by Gasteiger charge is -2.12. The Balaban J connectivity index is 2.35. The van der Waals surface area contributed by atoms with E-state index < -0.39 is 16.9 Å². The van der Waals surface area contributed by atoms with Crippen molar-refractivity contribution in [2.24, 2.45) is 0 Å². The molecule has 5 nitrogen and oxygen atoms in total. The van der Waals surface area contributed by atoms with Crippen LogP contribution in [0.4, 0.5) is 0 Å². The molecule has 0 atom stereocenters. The first-order valence-electron chi connectivity index (χ1n) is 7.83. The molecule has 0 fully saturated rings. The Bertz CT molecular complexity index is 1020. The Morgan fingerprint density at radius 3 is 2.44 bits per heavy atom. The number of fused-ring (bicyclic) bond motifs is 1. The van der Waals surface area contributed by atoms with Crippen molar-refractivity contribution in [3.63, 3.8) is 0 Å². The van der Waals surface area contributed by atoms with Crippen molar-refractivity contribution in [2.45, 2.75) is 19.8 Å². The molecule has 3 N–H and O–H groups in total. The third-order valence-corrected chi connectivity index (χ3v) is 4.04. The molecule has 3 aromatic rings. The van der Waals surface area contributed by atoms with Crippen LogP contribution < -0.4 is 5.43 Å². The van der Waals surface area contributed by atoms with E-state index in [4.69, 9.17) is 4.42 Å². The van der Waals surface area contributed by atoms with Gasteiger partial charge in [-0.05, 0) is 19.8 Å². The van der Waals surface area contributed by atoms with Gasteiger partial charge in [-0.1, -0.05) is 35.9 Å². The zero-order chi connectivity index (χ0) is 18.1. The molecule has 0 aliphatic rings. The number of hydrogen-bond donors (Lipinski definition) is 3. The van der Waals surface area contributed by atoms with Gasteiger partial charge in [-0.25, -0.2) is 0 Å². The van der Waals surface area contributed by atoms with Crippen molar-refractivity contribution < 1.29 is 19.7 Å². The van der Waals surface area contributed by atoms with E-state index in [0.29, 0.717) is 24.0 Å². The highest BCUT2D eigenvalue weighted by Crippen LogP contribution is 2.38. The molecule has 0 saturated heterocycles. The molecule has 1 heterocycles. The summed E-state index contributed by atoms with van der Waals surface area (Å²) < 4.78 is 5.78. The van der Waals surface area contributed by atoms with E-state index >= 15 is 0 Å². The first-order valence-corrected chi connectivity index (χ1v) is 7.83. The molecular weight excluding hydrogens is 320 g/mol. The van der Waals surface area contributed by atoms with Gasteiger partial charge >= 0.3 is 0 Å². The van der Waals surface area contributed by atoms with Crippen molar-refractivity contribution in [3.05, 3.63) is 64.3 Å². The molecule has 0 bridgehead atoms. The van der Waals surface area contributed by atoms with Gasteiger partial charge in [-0.3, -0.25) is 4.79 Å². The fourth-order valence-electron chi connectivity index (χ4n) is 2.74. The molecule has 0 saturated carbocycles. The Morgan fingerprint density at radius 2 is 1.80 bits per heavy atom. The number of phenols is 2. The molecule has 0 unspecified atom stereocenters. The van der Waals surface area contributed by atoms with Gasteiger partial charge in [-0.15, -0.1) is 6.58 Å². The minimum Gasteiger partial charge on any atom is -0.507 e. The van der Waals surface area contributed by atoms with Gasteiger partial charge in [-0.2, -0.15) is 0 Å². The number of aryl methyl sites for hydroxylation is 1. The van der Waals surface area contributed by atoms with Crippen LogP contribution in [-0.2, 0) is 6.42 Å². The summed E-state index contributed by atoms with van der Waals surface area (Å²) in [6.07, 6.45) is 0.971. The molecule has 0 radical (unpaired) electrons. The summed E-state index contributed by atoms with van der Waals surface area (Å²) in [6, 6.07) is 9.78. The van der Waals surface area contributed by atoms with E-state index in [1.54, 1.807) is 30.3 Å². The van der Waals surface area contributed by atoms with Crippen LogP contribution in [0.5, 0.6) is 17.2 Å². The Labute approximate surface area is 144 Å². The van der Waals surface area contributed by atoms with E-state index in [-0.39, 0.29) is 22.5 Å². The van der Waals surface area contributed by atoms with Gasteiger partial charge < -0.3 is 19.7 Å². The maximum absolute atomic E-state index is 12.6. The quantitative estimate of drug-likeness (QED) is 0.623. The molecule has 0 aliphatic heterocycles. The van der Waals surface area contributed by atoms with Gasteiger partial charge in [0.25, 0.3) is 0 Å². The molecular formula is C20H18O5. The Morgan fingerprint density at radius 1 is 1.12 bits per heavy atom. The summed E-state index contributed by atoms with van der Waals surface area (Å²) >= 11 is 0. The zero-order valence-corrected chi connectivity index (χ0v) is 13.7. The predicted octanol–water partition coefficient (Wildman–Crippen LogP) is 4.09. The van der Waals surface area contributed by atoms with E-state index in [1.807, 2.05) is 6.92 Å². The maximum Gasteiger partial charge on any atom is 0.238 e. The lowest BCUT2D eigenvalue weighted by Crippen LogP contribution is -2.05. The summed E-state index contributed by atoms with van der Waals surface area (Å²) in [5.74, 6) is -1.18. The van der Waals surface area contributed by atoms with Crippen LogP contribution in [0.2, 0.25) is 0 Å². The zero-order valence-electron chi connectivity index (χ0n) is 13.7. The van der Waals surface area contributed by atoms with Crippen LogP contribution in [0, 0.1) is 0 Å². The van der Waals surface area contributed by atoms with Crippen LogP contribution in [0.25, 0.3) is 22.3 Å². The number of rotatable bonds is 4. The molecule has 5 heteroatoms. The van der Waals surface area contributed by atoms with Gasteiger partial charge in [0.1, 0.15) is 22.5 Å². The largest absolute Gasteiger partial charge is 0.507 e. The summed E-state index contributed by atoms with van der Waals surface area (Å²) in [5.41, 5.74) is 1.15. The van der Waals surface area contributed by atoms with E-state index in [0.717, 1.165) is 11.6 Å². The Hall–Kier alpha value is -3.21. The Kier molecular flexibility index (Phi) is 4.23. The van der Waals surface area contributed by atoms with Crippen LogP contribution in [0.1, 0.15) is 18.9 Å². The van der Waals surface area contributed by atoms with Crippen molar-refractivity contribution in [2.75, 3.05) is 0 Å². The van der Waals surface area contributed by atoms with Gasteiger partial charge in [0.2, 0.25) is 11.2 Å². The third kappa shape index (κ3) is 2.96. The summed E-state index contributed by atoms with van der Waals surface area (Å²) in [6.45, 7) is 5.69. The highest BCUT2D eigenvalue weighted by molar-refractivity contribution is 5.91. The van der Waals surface area contributed by atoms with Crippen LogP contribution >= 0.6 is 0 Å². The SMILES string of the molecule is C=C(C)CCc1c(O)cc(O)c2c(=O)c(O)c(-c3ccccc3)oc12. The summed E-state index contributed by atoms with van der Waals surface area (Å²) in [5, 5.41) is 30.4. The van der Waals surface area contributed by atoms with Crippen LogP contribution in [-0.4, -0.2) is 15.3 Å². The molecule has 0 aliphatic carbocycles. The third-order valence-electron chi connectivity index (χ3n) is 4.04. The second-order valence-electron chi connectivity index (χ2n) is 6.03. The first kappa shape index (κ1) is 16.6. The predicted molar refractivity (Wildman–Crippen MR) is 96.0 cm³/mol. The molecule has 2 aromatic carbocycles. The number of aromatic hydroxyl groups is 3. The summed E-state index contributed by atoms with van der Waals surface area (Å²) in [4.78, 5) is 12.6. The van der Waals surface area contributed by atoms with Crippen LogP contribution in [0.3, 0.4) is 0 Å². The van der Waals surface area contributed by atoms with E-state index in [1.165, 1.54) is 0 Å². The minimum atomic E-state index is -0.742. The minimum absolute atomic E-state index is 0.000301. The van der Waals surface area contributed by atoms with Crippen molar-refractivity contribution >= 4 is 11.0 Å². The average molecular weight is 338 g/mol. The highest BCUT2D eigenvalue weighted by atomic mass is 16.4. The van der Waals surface area contributed by atoms with E-state index in [2.05, 4.69) is 6.58 Å². The van der Waals surface area contributed by atoms with Crippen molar-refractivity contribution in [3.8, 4) is 28.6 Å². The van der Waals surface area contributed by atoms with Crippen molar-refractivity contribution in [1.29, 1.82) is 0 Å². The summed E-state index contributed by atoms with van der Waals surface area (Å²) in [7, 11) is 0. The molecule has 25 heavy (non-hydrogen) atoms. The second-order valence-corrected chi connectivity index (χ2v) is 6.03. The van der Waals surface area contributed by atoms with Gasteiger partial charge in [0, 0.05) is 17.2 Å². The molecule has 0 amide bonds. The fourth-order valence-corrected chi connectivity index (χ4v) is 2.74. The standard InChI is InChI=1S/C20H18O5/c1-11(2)8-9-13-14(21)10-15(22)16-17(23)18(24)19(25-20(13)16)12-6-4-3-5-7-12/h3-7,10,21-22,24H,1,8-9H2,2H3. The molecule has 3 rings (SSSR count). The average Bonchev–Trinajstić information content (AvgIpc) is 2.57. The second kappa shape index (κ2) is 6.36. The number of benzene rings is 2. The van der Waals surface area contributed by atoms with Crippen molar-refractivity contribution in [1.82, 2.24) is 0 Å². The number of allylic oxidation sites excluding steroid dienone is 1. The smallest absolute Gasteiger partial charge is 0.238 e. The van der Waals surface area contributed by atoms with E-state index in [9.17, 15) is 20.1 Å². The molecule has 1 aromatic heterocycles. The highest BCUT2D eigenvalue weighted by Gasteiger charge is 2.22. The lowest BCUT2D eigenvalue weighted by molar-refractivity contribution is 0.434. The monoisotopic (exact) mass is 338 g/mol. The topological polar surface area (TPSA) is 90.9 Å². The number of phenolic OH excluding ortho intramolecular Hbond substituents is 2.